The quantitative estimate of drug-likeness (QED) is 0.916. The number of halogens is 1. The summed E-state index contributed by atoms with van der Waals surface area (Å²) in [5.74, 6) is -0.108. The molecule has 4 nitrogen and oxygen atoms in total. The number of nitrogens with zero attached hydrogens (tertiary/aromatic N) is 1. The fourth-order valence-electron chi connectivity index (χ4n) is 2.25. The van der Waals surface area contributed by atoms with Crippen molar-refractivity contribution in [3.05, 3.63) is 34.9 Å². The number of aliphatic hydroxyl groups is 1. The van der Waals surface area contributed by atoms with Crippen molar-refractivity contribution in [3.8, 4) is 0 Å². The Labute approximate surface area is 112 Å². The van der Waals surface area contributed by atoms with Crippen molar-refractivity contribution in [2.75, 3.05) is 13.2 Å². The van der Waals surface area contributed by atoms with E-state index in [-0.39, 0.29) is 18.4 Å². The highest BCUT2D eigenvalue weighted by Crippen LogP contribution is 2.25. The summed E-state index contributed by atoms with van der Waals surface area (Å²) in [6.07, 6.45) is 1.52. The van der Waals surface area contributed by atoms with Gasteiger partial charge < -0.3 is 5.11 Å². The topological polar surface area (TPSA) is 57.6 Å². The Morgan fingerprint density at radius 3 is 2.78 bits per heavy atom. The molecule has 18 heavy (non-hydrogen) atoms. The number of hydrogen-bond acceptors (Lipinski definition) is 3. The molecule has 100 valence electrons. The smallest absolute Gasteiger partial charge is 0.218 e. The fourth-order valence-corrected chi connectivity index (χ4v) is 4.38. The van der Waals surface area contributed by atoms with Gasteiger partial charge in [-0.1, -0.05) is 29.8 Å². The molecule has 1 fully saturated rings. The zero-order valence-electron chi connectivity index (χ0n) is 9.92. The minimum atomic E-state index is -3.41. The molecule has 2 rings (SSSR count). The Hall–Kier alpha value is -0.620. The lowest BCUT2D eigenvalue weighted by Crippen LogP contribution is -2.38. The van der Waals surface area contributed by atoms with Crippen LogP contribution in [0.15, 0.2) is 24.3 Å². The van der Waals surface area contributed by atoms with Crippen molar-refractivity contribution in [2.45, 2.75) is 24.6 Å². The van der Waals surface area contributed by atoms with Crippen molar-refractivity contribution in [2.24, 2.45) is 0 Å². The molecule has 1 aliphatic rings. The number of aliphatic hydroxyl groups excluding tert-OH is 1. The monoisotopic (exact) mass is 289 g/mol. The predicted octanol–water partition coefficient (Wildman–Crippen LogP) is 1.63. The summed E-state index contributed by atoms with van der Waals surface area (Å²) in [6.45, 7) is 0.361. The van der Waals surface area contributed by atoms with E-state index in [4.69, 9.17) is 11.6 Å². The molecule has 0 aromatic heterocycles. The molecule has 1 aliphatic heterocycles. The van der Waals surface area contributed by atoms with Crippen LogP contribution in [0.3, 0.4) is 0 Å². The van der Waals surface area contributed by atoms with E-state index < -0.39 is 10.0 Å². The SMILES string of the molecule is O=S(=O)(Cc1ccccc1Cl)N1CCC[C@@H]1CO. The van der Waals surface area contributed by atoms with Crippen molar-refractivity contribution in [3.63, 3.8) is 0 Å². The van der Waals surface area contributed by atoms with Crippen LogP contribution in [0.5, 0.6) is 0 Å². The largest absolute Gasteiger partial charge is 0.395 e. The first kappa shape index (κ1) is 13.8. The van der Waals surface area contributed by atoms with Crippen LogP contribution < -0.4 is 0 Å². The number of rotatable bonds is 4. The summed E-state index contributed by atoms with van der Waals surface area (Å²) in [4.78, 5) is 0. The van der Waals surface area contributed by atoms with Crippen molar-refractivity contribution in [1.29, 1.82) is 0 Å². The molecule has 1 saturated heterocycles. The highest BCUT2D eigenvalue weighted by Gasteiger charge is 2.33. The zero-order valence-corrected chi connectivity index (χ0v) is 11.5. The molecule has 0 spiro atoms. The third kappa shape index (κ3) is 2.85. The molecule has 0 unspecified atom stereocenters. The van der Waals surface area contributed by atoms with Crippen molar-refractivity contribution in [1.82, 2.24) is 4.31 Å². The molecule has 1 heterocycles. The Morgan fingerprint density at radius 1 is 1.39 bits per heavy atom. The van der Waals surface area contributed by atoms with Gasteiger partial charge in [0.15, 0.2) is 0 Å². The zero-order chi connectivity index (χ0) is 13.2. The van der Waals surface area contributed by atoms with E-state index in [0.29, 0.717) is 17.1 Å². The van der Waals surface area contributed by atoms with Gasteiger partial charge in [-0.15, -0.1) is 0 Å². The average molecular weight is 290 g/mol. The second-order valence-corrected chi connectivity index (χ2v) is 6.77. The molecule has 6 heteroatoms. The van der Waals surface area contributed by atoms with Gasteiger partial charge >= 0.3 is 0 Å². The van der Waals surface area contributed by atoms with Gasteiger partial charge in [-0.2, -0.15) is 4.31 Å². The Morgan fingerprint density at radius 2 is 2.11 bits per heavy atom. The van der Waals surface area contributed by atoms with Crippen LogP contribution >= 0.6 is 11.6 Å². The maximum absolute atomic E-state index is 12.3. The number of sulfonamides is 1. The van der Waals surface area contributed by atoms with E-state index in [9.17, 15) is 13.5 Å². The van der Waals surface area contributed by atoms with Gasteiger partial charge in [-0.25, -0.2) is 8.42 Å². The lowest BCUT2D eigenvalue weighted by molar-refractivity contribution is 0.213. The second kappa shape index (κ2) is 5.57. The van der Waals surface area contributed by atoms with E-state index in [2.05, 4.69) is 0 Å². The number of hydrogen-bond donors (Lipinski definition) is 1. The Balaban J connectivity index is 2.20. The molecular weight excluding hydrogens is 274 g/mol. The molecule has 0 saturated carbocycles. The summed E-state index contributed by atoms with van der Waals surface area (Å²) in [5, 5.41) is 9.65. The molecule has 0 radical (unpaired) electrons. The lowest BCUT2D eigenvalue weighted by atomic mass is 10.2. The highest BCUT2D eigenvalue weighted by molar-refractivity contribution is 7.88. The van der Waals surface area contributed by atoms with Gasteiger partial charge in [-0.3, -0.25) is 0 Å². The van der Waals surface area contributed by atoms with E-state index in [1.807, 2.05) is 0 Å². The van der Waals surface area contributed by atoms with Gasteiger partial charge in [-0.05, 0) is 24.5 Å². The fraction of sp³-hybridized carbons (Fsp3) is 0.500. The standard InChI is InChI=1S/C12H16ClNO3S/c13-12-6-2-1-4-10(12)9-18(16,17)14-7-3-5-11(14)8-15/h1-2,4,6,11,15H,3,5,7-9H2/t11-/m1/s1. The van der Waals surface area contributed by atoms with E-state index >= 15 is 0 Å². The predicted molar refractivity (Wildman–Crippen MR) is 70.9 cm³/mol. The minimum Gasteiger partial charge on any atom is -0.395 e. The summed E-state index contributed by atoms with van der Waals surface area (Å²) in [5.41, 5.74) is 0.600. The average Bonchev–Trinajstić information content (AvgIpc) is 2.81. The number of benzene rings is 1. The first-order valence-electron chi connectivity index (χ1n) is 5.88. The molecule has 0 amide bonds. The first-order chi connectivity index (χ1) is 8.54. The summed E-state index contributed by atoms with van der Waals surface area (Å²) < 4.78 is 26.0. The van der Waals surface area contributed by atoms with E-state index in [1.165, 1.54) is 4.31 Å². The minimum absolute atomic E-state index is 0.108. The van der Waals surface area contributed by atoms with Crippen LogP contribution in [0, 0.1) is 0 Å². The molecule has 1 N–H and O–H groups in total. The van der Waals surface area contributed by atoms with Crippen molar-refractivity contribution >= 4 is 21.6 Å². The van der Waals surface area contributed by atoms with Crippen LogP contribution in [0.4, 0.5) is 0 Å². The van der Waals surface area contributed by atoms with Crippen LogP contribution in [-0.4, -0.2) is 37.0 Å². The van der Waals surface area contributed by atoms with Crippen LogP contribution in [0.1, 0.15) is 18.4 Å². The second-order valence-electron chi connectivity index (χ2n) is 4.44. The molecule has 1 aromatic carbocycles. The van der Waals surface area contributed by atoms with E-state index in [0.717, 1.165) is 12.8 Å². The normalized spacial score (nSPS) is 21.3. The summed E-state index contributed by atoms with van der Waals surface area (Å²) >= 11 is 5.97. The summed E-state index contributed by atoms with van der Waals surface area (Å²) in [7, 11) is -3.41. The Bertz CT molecular complexity index is 518. The van der Waals surface area contributed by atoms with Gasteiger partial charge in [0.1, 0.15) is 0 Å². The van der Waals surface area contributed by atoms with E-state index in [1.54, 1.807) is 24.3 Å². The van der Waals surface area contributed by atoms with Crippen LogP contribution in [0.2, 0.25) is 5.02 Å². The van der Waals surface area contributed by atoms with Gasteiger partial charge in [0.25, 0.3) is 0 Å². The summed E-state index contributed by atoms with van der Waals surface area (Å²) in [6, 6.07) is 6.65. The maximum atomic E-state index is 12.3. The van der Waals surface area contributed by atoms with Gasteiger partial charge in [0.05, 0.1) is 12.4 Å². The Kier molecular flexibility index (Phi) is 4.27. The molecule has 0 aliphatic carbocycles. The van der Waals surface area contributed by atoms with Gasteiger partial charge in [0.2, 0.25) is 10.0 Å². The van der Waals surface area contributed by atoms with Gasteiger partial charge in [0, 0.05) is 17.6 Å². The molecule has 1 aromatic rings. The van der Waals surface area contributed by atoms with Crippen molar-refractivity contribution < 1.29 is 13.5 Å². The maximum Gasteiger partial charge on any atom is 0.218 e. The molecular formula is C12H16ClNO3S. The third-order valence-electron chi connectivity index (χ3n) is 3.19. The van der Waals surface area contributed by atoms with Crippen LogP contribution in [0.25, 0.3) is 0 Å². The molecule has 0 bridgehead atoms. The lowest BCUT2D eigenvalue weighted by Gasteiger charge is -2.22. The molecule has 1 atom stereocenters. The highest BCUT2D eigenvalue weighted by atomic mass is 35.5. The third-order valence-corrected chi connectivity index (χ3v) is 5.43. The van der Waals surface area contributed by atoms with Crippen LogP contribution in [-0.2, 0) is 15.8 Å². The first-order valence-corrected chi connectivity index (χ1v) is 7.87.